The van der Waals surface area contributed by atoms with Crippen molar-refractivity contribution in [3.05, 3.63) is 35.4 Å². The Kier molecular flexibility index (Phi) is 3.65. The normalized spacial score (nSPS) is 26.4. The van der Waals surface area contributed by atoms with Crippen LogP contribution in [0.15, 0.2) is 18.2 Å². The minimum absolute atomic E-state index is 0.141. The first-order chi connectivity index (χ1) is 8.37. The van der Waals surface area contributed by atoms with Gasteiger partial charge in [0.15, 0.2) is 21.5 Å². The second-order valence-electron chi connectivity index (χ2n) is 4.38. The van der Waals surface area contributed by atoms with Gasteiger partial charge in [0.25, 0.3) is 0 Å². The molecule has 18 heavy (non-hydrogen) atoms. The second-order valence-corrected chi connectivity index (χ2v) is 6.53. The molecule has 2 rings (SSSR count). The summed E-state index contributed by atoms with van der Waals surface area (Å²) in [5.74, 6) is -2.28. The molecule has 0 radical (unpaired) electrons. The van der Waals surface area contributed by atoms with Gasteiger partial charge in [-0.1, -0.05) is 6.07 Å². The molecule has 0 bridgehead atoms. The van der Waals surface area contributed by atoms with Crippen molar-refractivity contribution in [3.63, 3.8) is 0 Å². The Morgan fingerprint density at radius 2 is 2.00 bits per heavy atom. The van der Waals surface area contributed by atoms with E-state index in [4.69, 9.17) is 0 Å². The third-order valence-corrected chi connectivity index (χ3v) is 4.59. The largest absolute Gasteiger partial charge is 0.390 e. The van der Waals surface area contributed by atoms with Crippen LogP contribution in [-0.2, 0) is 16.4 Å². The maximum absolute atomic E-state index is 12.9. The molecule has 1 aromatic carbocycles. The van der Waals surface area contributed by atoms with Crippen LogP contribution in [0.3, 0.4) is 0 Å². The number of aliphatic hydroxyl groups is 1. The van der Waals surface area contributed by atoms with Crippen LogP contribution in [0.5, 0.6) is 0 Å². The molecule has 1 aliphatic heterocycles. The molecule has 4 nitrogen and oxygen atoms in total. The molecule has 1 aliphatic rings. The summed E-state index contributed by atoms with van der Waals surface area (Å²) < 4.78 is 48.1. The topological polar surface area (TPSA) is 66.4 Å². The van der Waals surface area contributed by atoms with Gasteiger partial charge in [0.2, 0.25) is 0 Å². The minimum atomic E-state index is -3.21. The number of sulfone groups is 1. The van der Waals surface area contributed by atoms with Gasteiger partial charge in [0.05, 0.1) is 17.6 Å². The Morgan fingerprint density at radius 3 is 2.56 bits per heavy atom. The van der Waals surface area contributed by atoms with Crippen molar-refractivity contribution in [2.24, 2.45) is 0 Å². The average Bonchev–Trinajstić information content (AvgIpc) is 2.53. The van der Waals surface area contributed by atoms with Gasteiger partial charge in [-0.05, 0) is 17.7 Å². The standard InChI is InChI=1S/C11H13F2NO3S/c12-8-2-1-7(3-9(8)13)4-14-10-5-18(16,17)6-11(10)15/h1-3,10-11,14-15H,4-6H2. The Morgan fingerprint density at radius 1 is 1.28 bits per heavy atom. The van der Waals surface area contributed by atoms with E-state index in [1.807, 2.05) is 0 Å². The summed E-state index contributed by atoms with van der Waals surface area (Å²) in [7, 11) is -3.21. The number of benzene rings is 1. The fourth-order valence-electron chi connectivity index (χ4n) is 1.92. The Bertz CT molecular complexity index is 547. The van der Waals surface area contributed by atoms with Crippen LogP contribution in [0.1, 0.15) is 5.56 Å². The minimum Gasteiger partial charge on any atom is -0.390 e. The molecule has 2 N–H and O–H groups in total. The van der Waals surface area contributed by atoms with Crippen LogP contribution >= 0.6 is 0 Å². The molecular formula is C11H13F2NO3S. The quantitative estimate of drug-likeness (QED) is 0.829. The first-order valence-electron chi connectivity index (χ1n) is 5.43. The van der Waals surface area contributed by atoms with Crippen molar-refractivity contribution in [1.29, 1.82) is 0 Å². The maximum Gasteiger partial charge on any atom is 0.159 e. The van der Waals surface area contributed by atoms with Crippen molar-refractivity contribution in [3.8, 4) is 0 Å². The predicted octanol–water partition coefficient (Wildman–Crippen LogP) is 0.212. The van der Waals surface area contributed by atoms with Crippen molar-refractivity contribution in [2.75, 3.05) is 11.5 Å². The van der Waals surface area contributed by atoms with E-state index in [0.29, 0.717) is 5.56 Å². The molecule has 1 saturated heterocycles. The van der Waals surface area contributed by atoms with Crippen LogP contribution in [-0.4, -0.2) is 37.2 Å². The summed E-state index contributed by atoms with van der Waals surface area (Å²) in [5, 5.41) is 12.4. The predicted molar refractivity (Wildman–Crippen MR) is 61.6 cm³/mol. The molecule has 2 atom stereocenters. The monoisotopic (exact) mass is 277 g/mol. The molecule has 0 aromatic heterocycles. The lowest BCUT2D eigenvalue weighted by atomic mass is 10.1. The van der Waals surface area contributed by atoms with E-state index in [0.717, 1.165) is 12.1 Å². The van der Waals surface area contributed by atoms with Gasteiger partial charge in [-0.2, -0.15) is 0 Å². The molecule has 1 fully saturated rings. The lowest BCUT2D eigenvalue weighted by molar-refractivity contribution is 0.165. The molecule has 1 aromatic rings. The molecule has 0 saturated carbocycles. The first-order valence-corrected chi connectivity index (χ1v) is 7.25. The third kappa shape index (κ3) is 3.04. The van der Waals surface area contributed by atoms with Crippen LogP contribution in [0.2, 0.25) is 0 Å². The van der Waals surface area contributed by atoms with E-state index in [2.05, 4.69) is 5.32 Å². The summed E-state index contributed by atoms with van der Waals surface area (Å²) in [5.41, 5.74) is 0.491. The summed E-state index contributed by atoms with van der Waals surface area (Å²) in [6, 6.07) is 2.89. The van der Waals surface area contributed by atoms with E-state index < -0.39 is 33.6 Å². The Hall–Kier alpha value is -1.05. The average molecular weight is 277 g/mol. The summed E-state index contributed by atoms with van der Waals surface area (Å²) in [6.45, 7) is 0.175. The number of hydrogen-bond donors (Lipinski definition) is 2. The zero-order chi connectivity index (χ0) is 13.3. The SMILES string of the molecule is O=S1(=O)CC(O)C(NCc2ccc(F)c(F)c2)C1. The van der Waals surface area contributed by atoms with E-state index in [9.17, 15) is 22.3 Å². The summed E-state index contributed by atoms with van der Waals surface area (Å²) in [4.78, 5) is 0. The van der Waals surface area contributed by atoms with Gasteiger partial charge in [0.1, 0.15) is 0 Å². The van der Waals surface area contributed by atoms with Gasteiger partial charge in [-0.25, -0.2) is 17.2 Å². The third-order valence-electron chi connectivity index (χ3n) is 2.88. The molecule has 0 aliphatic carbocycles. The highest BCUT2D eigenvalue weighted by molar-refractivity contribution is 7.91. The highest BCUT2D eigenvalue weighted by atomic mass is 32.2. The summed E-state index contributed by atoms with van der Waals surface area (Å²) in [6.07, 6.45) is -0.958. The van der Waals surface area contributed by atoms with Crippen molar-refractivity contribution in [2.45, 2.75) is 18.7 Å². The van der Waals surface area contributed by atoms with Crippen LogP contribution in [0, 0.1) is 11.6 Å². The van der Waals surface area contributed by atoms with Crippen LogP contribution < -0.4 is 5.32 Å². The zero-order valence-electron chi connectivity index (χ0n) is 9.44. The molecular weight excluding hydrogens is 264 g/mol. The van der Waals surface area contributed by atoms with Gasteiger partial charge < -0.3 is 10.4 Å². The highest BCUT2D eigenvalue weighted by Crippen LogP contribution is 2.14. The molecule has 100 valence electrons. The van der Waals surface area contributed by atoms with Crippen molar-refractivity contribution < 1.29 is 22.3 Å². The molecule has 1 heterocycles. The second kappa shape index (κ2) is 4.91. The number of nitrogens with one attached hydrogen (secondary N) is 1. The molecule has 7 heteroatoms. The highest BCUT2D eigenvalue weighted by Gasteiger charge is 2.35. The van der Waals surface area contributed by atoms with E-state index in [1.165, 1.54) is 6.07 Å². The van der Waals surface area contributed by atoms with Crippen LogP contribution in [0.4, 0.5) is 8.78 Å². The smallest absolute Gasteiger partial charge is 0.159 e. The number of rotatable bonds is 3. The van der Waals surface area contributed by atoms with Crippen molar-refractivity contribution in [1.82, 2.24) is 5.32 Å². The van der Waals surface area contributed by atoms with Gasteiger partial charge in [0, 0.05) is 12.6 Å². The first kappa shape index (κ1) is 13.4. The lowest BCUT2D eigenvalue weighted by Gasteiger charge is -2.14. The van der Waals surface area contributed by atoms with Crippen molar-refractivity contribution >= 4 is 9.84 Å². The maximum atomic E-state index is 12.9. The van der Waals surface area contributed by atoms with Gasteiger partial charge >= 0.3 is 0 Å². The zero-order valence-corrected chi connectivity index (χ0v) is 10.3. The van der Waals surface area contributed by atoms with E-state index in [1.54, 1.807) is 0 Å². The fraction of sp³-hybridized carbons (Fsp3) is 0.455. The van der Waals surface area contributed by atoms with E-state index >= 15 is 0 Å². The molecule has 0 spiro atoms. The molecule has 0 amide bonds. The number of aliphatic hydroxyl groups excluding tert-OH is 1. The van der Waals surface area contributed by atoms with Gasteiger partial charge in [-0.15, -0.1) is 0 Å². The Labute approximate surface area is 104 Å². The number of halogens is 2. The van der Waals surface area contributed by atoms with Crippen LogP contribution in [0.25, 0.3) is 0 Å². The van der Waals surface area contributed by atoms with Gasteiger partial charge in [-0.3, -0.25) is 0 Å². The summed E-state index contributed by atoms with van der Waals surface area (Å²) >= 11 is 0. The number of hydrogen-bond acceptors (Lipinski definition) is 4. The lowest BCUT2D eigenvalue weighted by Crippen LogP contribution is -2.38. The molecule has 2 unspecified atom stereocenters. The fourth-order valence-corrected chi connectivity index (χ4v) is 3.70. The Balaban J connectivity index is 1.98. The van der Waals surface area contributed by atoms with E-state index in [-0.39, 0.29) is 18.1 Å².